The van der Waals surface area contributed by atoms with Crippen LogP contribution in [0.25, 0.3) is 11.3 Å². The largest absolute Gasteiger partial charge is 0.236 e. The van der Waals surface area contributed by atoms with Crippen LogP contribution in [0.5, 0.6) is 0 Å². The van der Waals surface area contributed by atoms with Crippen LogP contribution in [-0.4, -0.2) is 0 Å². The molecule has 2 heteroatoms. The zero-order valence-corrected chi connectivity index (χ0v) is 10.3. The molecule has 0 saturated carbocycles. The van der Waals surface area contributed by atoms with Gasteiger partial charge < -0.3 is 0 Å². The van der Waals surface area contributed by atoms with Crippen LogP contribution in [0.15, 0.2) is 41.1 Å². The van der Waals surface area contributed by atoms with Crippen molar-refractivity contribution in [2.24, 2.45) is 0 Å². The Bertz CT molecular complexity index is 491. The average Bonchev–Trinajstić information content (AvgIpc) is 2.66. The topological polar surface area (TPSA) is 17.0 Å². The molecule has 0 aliphatic heterocycles. The van der Waals surface area contributed by atoms with E-state index in [0.29, 0.717) is 0 Å². The van der Waals surface area contributed by atoms with Gasteiger partial charge in [-0.05, 0) is 17.2 Å². The Hall–Kier alpha value is -1.57. The van der Waals surface area contributed by atoms with E-state index in [2.05, 4.69) is 39.8 Å². The van der Waals surface area contributed by atoms with E-state index in [1.165, 1.54) is 5.56 Å². The maximum Gasteiger partial charge on any atom is 0.221 e. The van der Waals surface area contributed by atoms with Crippen molar-refractivity contribution in [1.29, 1.82) is 0 Å². The van der Waals surface area contributed by atoms with Crippen molar-refractivity contribution >= 4 is 0 Å². The first kappa shape index (κ1) is 10.9. The zero-order chi connectivity index (χ0) is 11.8. The lowest BCUT2D eigenvalue weighted by Gasteiger charge is -2.06. The molecule has 0 fully saturated rings. The molecule has 2 rings (SSSR count). The van der Waals surface area contributed by atoms with Gasteiger partial charge in [0, 0.05) is 26.3 Å². The second-order valence-electron chi connectivity index (χ2n) is 5.08. The molecule has 2 aromatic rings. The SMILES string of the molecule is Cc1ccccc1-c1cc[n+](C(C)(C)C)o1. The summed E-state index contributed by atoms with van der Waals surface area (Å²) in [5.74, 6) is 0.924. The van der Waals surface area contributed by atoms with Gasteiger partial charge in [-0.1, -0.05) is 24.3 Å². The maximum atomic E-state index is 5.83. The van der Waals surface area contributed by atoms with Gasteiger partial charge in [0.1, 0.15) is 0 Å². The van der Waals surface area contributed by atoms with Gasteiger partial charge >= 0.3 is 0 Å². The number of nitrogens with zero attached hydrogens (tertiary/aromatic N) is 1. The third-order valence-corrected chi connectivity index (χ3v) is 2.63. The number of rotatable bonds is 1. The number of aryl methyl sites for hydroxylation is 1. The highest BCUT2D eigenvalue weighted by Gasteiger charge is 2.26. The van der Waals surface area contributed by atoms with E-state index in [0.717, 1.165) is 11.3 Å². The van der Waals surface area contributed by atoms with Crippen molar-refractivity contribution in [3.63, 3.8) is 0 Å². The van der Waals surface area contributed by atoms with Gasteiger partial charge in [0.15, 0.2) is 0 Å². The highest BCUT2D eigenvalue weighted by molar-refractivity contribution is 5.60. The Balaban J connectivity index is 2.44. The summed E-state index contributed by atoms with van der Waals surface area (Å²) in [5, 5.41) is 0. The Morgan fingerprint density at radius 3 is 2.31 bits per heavy atom. The minimum Gasteiger partial charge on any atom is -0.236 e. The smallest absolute Gasteiger partial charge is 0.221 e. The Morgan fingerprint density at radius 1 is 1.06 bits per heavy atom. The van der Waals surface area contributed by atoms with Gasteiger partial charge in [-0.2, -0.15) is 0 Å². The first-order valence-electron chi connectivity index (χ1n) is 5.57. The van der Waals surface area contributed by atoms with Crippen LogP contribution in [-0.2, 0) is 5.54 Å². The van der Waals surface area contributed by atoms with Crippen LogP contribution < -0.4 is 4.74 Å². The van der Waals surface area contributed by atoms with Crippen molar-refractivity contribution in [3.05, 3.63) is 42.1 Å². The van der Waals surface area contributed by atoms with Crippen molar-refractivity contribution in [1.82, 2.24) is 0 Å². The summed E-state index contributed by atoms with van der Waals surface area (Å²) in [6.45, 7) is 8.47. The van der Waals surface area contributed by atoms with Crippen LogP contribution in [0.2, 0.25) is 0 Å². The summed E-state index contributed by atoms with van der Waals surface area (Å²) in [5.41, 5.74) is 2.38. The molecule has 0 unspecified atom stereocenters. The lowest BCUT2D eigenvalue weighted by atomic mass is 10.1. The summed E-state index contributed by atoms with van der Waals surface area (Å²) < 4.78 is 7.72. The molecule has 16 heavy (non-hydrogen) atoms. The Kier molecular flexibility index (Phi) is 2.58. The minimum atomic E-state index is -0.0130. The number of aromatic nitrogens is 1. The van der Waals surface area contributed by atoms with E-state index in [1.807, 2.05) is 29.1 Å². The molecule has 0 amide bonds. The quantitative estimate of drug-likeness (QED) is 0.668. The first-order valence-corrected chi connectivity index (χ1v) is 5.57. The predicted molar refractivity (Wildman–Crippen MR) is 64.1 cm³/mol. The summed E-state index contributed by atoms with van der Waals surface area (Å²) in [6.07, 6.45) is 1.99. The van der Waals surface area contributed by atoms with Crippen molar-refractivity contribution in [2.45, 2.75) is 33.2 Å². The second-order valence-corrected chi connectivity index (χ2v) is 5.08. The van der Waals surface area contributed by atoms with E-state index in [1.54, 1.807) is 0 Å². The third-order valence-electron chi connectivity index (χ3n) is 2.63. The van der Waals surface area contributed by atoms with Crippen molar-refractivity contribution < 1.29 is 9.26 Å². The van der Waals surface area contributed by atoms with Gasteiger partial charge in [0.05, 0.1) is 6.07 Å². The van der Waals surface area contributed by atoms with Crippen LogP contribution >= 0.6 is 0 Å². The molecule has 2 nitrogen and oxygen atoms in total. The van der Waals surface area contributed by atoms with Gasteiger partial charge in [-0.3, -0.25) is 0 Å². The molecule has 0 aliphatic carbocycles. The maximum absolute atomic E-state index is 5.83. The molecule has 84 valence electrons. The molecular formula is C14H18NO+. The molecule has 0 atom stereocenters. The van der Waals surface area contributed by atoms with Crippen LogP contribution in [0.1, 0.15) is 26.3 Å². The van der Waals surface area contributed by atoms with Gasteiger partial charge in [0.2, 0.25) is 17.5 Å². The lowest BCUT2D eigenvalue weighted by Crippen LogP contribution is -2.48. The molecule has 0 spiro atoms. The molecule has 0 bridgehead atoms. The van der Waals surface area contributed by atoms with E-state index in [9.17, 15) is 0 Å². The summed E-state index contributed by atoms with van der Waals surface area (Å²) >= 11 is 0. The molecular weight excluding hydrogens is 198 g/mol. The lowest BCUT2D eigenvalue weighted by molar-refractivity contribution is -0.905. The fourth-order valence-corrected chi connectivity index (χ4v) is 1.65. The number of benzene rings is 1. The monoisotopic (exact) mass is 216 g/mol. The van der Waals surface area contributed by atoms with Crippen molar-refractivity contribution in [3.8, 4) is 11.3 Å². The van der Waals surface area contributed by atoms with E-state index < -0.39 is 0 Å². The van der Waals surface area contributed by atoms with Gasteiger partial charge in [0.25, 0.3) is 0 Å². The molecule has 0 aliphatic rings. The van der Waals surface area contributed by atoms with Crippen molar-refractivity contribution in [2.75, 3.05) is 0 Å². The molecule has 0 radical (unpaired) electrons. The van der Waals surface area contributed by atoms with Gasteiger partial charge in [-0.15, -0.1) is 0 Å². The van der Waals surface area contributed by atoms with E-state index in [-0.39, 0.29) is 5.54 Å². The van der Waals surface area contributed by atoms with E-state index >= 15 is 0 Å². The number of hydrogen-bond acceptors (Lipinski definition) is 1. The summed E-state index contributed by atoms with van der Waals surface area (Å²) in [6, 6.07) is 10.3. The van der Waals surface area contributed by atoms with Crippen LogP contribution in [0.4, 0.5) is 0 Å². The zero-order valence-electron chi connectivity index (χ0n) is 10.3. The Labute approximate surface area is 96.5 Å². The molecule has 1 aromatic carbocycles. The number of hydrogen-bond donors (Lipinski definition) is 0. The highest BCUT2D eigenvalue weighted by Crippen LogP contribution is 2.22. The molecule has 0 N–H and O–H groups in total. The summed E-state index contributed by atoms with van der Waals surface area (Å²) in [7, 11) is 0. The molecule has 1 heterocycles. The van der Waals surface area contributed by atoms with Crippen LogP contribution in [0.3, 0.4) is 0 Å². The summed E-state index contributed by atoms with van der Waals surface area (Å²) in [4.78, 5) is 0. The fraction of sp³-hybridized carbons (Fsp3) is 0.357. The fourth-order valence-electron chi connectivity index (χ4n) is 1.65. The normalized spacial score (nSPS) is 11.8. The second kappa shape index (κ2) is 3.78. The Morgan fingerprint density at radius 2 is 1.75 bits per heavy atom. The molecule has 1 aromatic heterocycles. The minimum absolute atomic E-state index is 0.0130. The predicted octanol–water partition coefficient (Wildman–Crippen LogP) is 3.30. The van der Waals surface area contributed by atoms with Crippen LogP contribution in [0, 0.1) is 6.92 Å². The first-order chi connectivity index (χ1) is 7.48. The van der Waals surface area contributed by atoms with E-state index in [4.69, 9.17) is 4.52 Å². The standard InChI is InChI=1S/C14H18NO/c1-11-7-5-6-8-12(11)13-9-10-15(16-13)14(2,3)4/h5-10H,1-4H3/q+1. The third kappa shape index (κ3) is 2.01. The highest BCUT2D eigenvalue weighted by atomic mass is 16.5. The average molecular weight is 216 g/mol. The molecule has 0 saturated heterocycles. The van der Waals surface area contributed by atoms with Gasteiger partial charge in [-0.25, -0.2) is 4.52 Å².